The summed E-state index contributed by atoms with van der Waals surface area (Å²) in [7, 11) is 0. The number of rotatable bonds is 24. The molecule has 11 aromatic rings. The molecule has 14 nitrogen and oxygen atoms in total. The van der Waals surface area contributed by atoms with Crippen LogP contribution in [0.3, 0.4) is 0 Å². The van der Waals surface area contributed by atoms with Crippen LogP contribution in [0.2, 0.25) is 0 Å². The van der Waals surface area contributed by atoms with Crippen LogP contribution >= 0.6 is 0 Å². The number of fused-ring (bicyclic) bond motifs is 24. The van der Waals surface area contributed by atoms with Crippen LogP contribution < -0.4 is 38.4 Å². The van der Waals surface area contributed by atoms with Gasteiger partial charge in [-0.3, -0.25) is 0 Å². The summed E-state index contributed by atoms with van der Waals surface area (Å²) in [6.07, 6.45) is 10.6. The van der Waals surface area contributed by atoms with Crippen molar-refractivity contribution in [1.29, 1.82) is 0 Å². The second-order valence-corrected chi connectivity index (χ2v) is 23.1. The molecule has 15 heteroatoms. The fourth-order valence-electron chi connectivity index (χ4n) is 12.5. The van der Waals surface area contributed by atoms with Crippen LogP contribution in [0.15, 0.2) is 97.1 Å². The third-order valence-electron chi connectivity index (χ3n) is 17.0. The number of benzene rings is 8. The van der Waals surface area contributed by atoms with Gasteiger partial charge in [0.2, 0.25) is 0 Å². The summed E-state index contributed by atoms with van der Waals surface area (Å²) in [5.41, 5.74) is 6.09. The Bertz CT molecular complexity index is 4390. The van der Waals surface area contributed by atoms with E-state index in [9.17, 15) is 0 Å². The zero-order valence-corrected chi connectivity index (χ0v) is 53.2. The first kappa shape index (κ1) is 60.8. The first-order valence-electron chi connectivity index (χ1n) is 32.1. The minimum atomic E-state index is 0. The van der Waals surface area contributed by atoms with Gasteiger partial charge in [0.05, 0.1) is 85.2 Å². The molecule has 0 N–H and O–H groups in total. The monoisotopic (exact) mass is 1240 g/mol. The molecule has 2 aliphatic heterocycles. The maximum atomic E-state index is 7.06. The Morgan fingerprint density at radius 3 is 0.742 bits per heavy atom. The van der Waals surface area contributed by atoms with E-state index in [2.05, 4.69) is 128 Å². The van der Waals surface area contributed by atoms with Crippen LogP contribution in [0.1, 0.15) is 130 Å². The van der Waals surface area contributed by atoms with Crippen molar-refractivity contribution in [2.75, 3.05) is 39.6 Å². The second-order valence-electron chi connectivity index (χ2n) is 23.1. The average Bonchev–Trinajstić information content (AvgIpc) is 1.66. The van der Waals surface area contributed by atoms with Gasteiger partial charge in [-0.05, 0) is 74.3 Å². The molecule has 89 heavy (non-hydrogen) atoms. The number of aromatic nitrogens is 8. The van der Waals surface area contributed by atoms with Gasteiger partial charge in [0.25, 0.3) is 0 Å². The minimum absolute atomic E-state index is 0. The van der Waals surface area contributed by atoms with Crippen molar-refractivity contribution in [3.05, 3.63) is 108 Å². The fourth-order valence-corrected chi connectivity index (χ4v) is 12.5. The van der Waals surface area contributed by atoms with E-state index in [4.69, 9.17) is 68.3 Å². The number of nitrogens with zero attached hydrogens (tertiary/aromatic N) is 8. The molecule has 0 fully saturated rings. The van der Waals surface area contributed by atoms with Gasteiger partial charge in [0, 0.05) is 76.5 Å². The van der Waals surface area contributed by atoms with Gasteiger partial charge >= 0.3 is 17.1 Å². The van der Waals surface area contributed by atoms with Crippen LogP contribution in [-0.2, 0) is 17.1 Å². The smallest absolute Gasteiger partial charge is 0.492 e. The molecular weight excluding hydrogens is 1160 g/mol. The van der Waals surface area contributed by atoms with Crippen LogP contribution in [0, 0.1) is 13.8 Å². The Hall–Kier alpha value is -8.52. The predicted octanol–water partition coefficient (Wildman–Crippen LogP) is 18.4. The predicted molar refractivity (Wildman–Crippen MR) is 356 cm³/mol. The van der Waals surface area contributed by atoms with Crippen molar-refractivity contribution in [3.63, 3.8) is 0 Å². The van der Waals surface area contributed by atoms with Gasteiger partial charge < -0.3 is 58.3 Å². The van der Waals surface area contributed by atoms with E-state index in [1.54, 1.807) is 0 Å². The molecule has 0 aliphatic carbocycles. The van der Waals surface area contributed by atoms with Crippen molar-refractivity contribution in [3.8, 4) is 80.0 Å². The summed E-state index contributed by atoms with van der Waals surface area (Å²) >= 11 is 0. The molecular formula is C74H76CuN8O6. The van der Waals surface area contributed by atoms with Gasteiger partial charge in [-0.25, -0.2) is 9.97 Å². The van der Waals surface area contributed by atoms with Crippen LogP contribution in [-0.4, -0.2) is 69.5 Å². The molecule has 8 aromatic carbocycles. The Labute approximate surface area is 530 Å². The molecule has 5 heterocycles. The standard InChI is InChI=1S/C74H76N8O6.Cu/c1-9-15-37-83-61-47-31-23-21-29-45(47)43(7)53-55(61)69-75-67(53)77-71-57-58(64(86-40-18-12-4)50-34-26-25-33-49(50)63(57)85-39-17-11-3)72(81-71)78-68-54-44(8)46-30-22-24-32-48(46)62(84-38-16-10-2)56(54)70(76-68)80-74-60-59(73(79-69)82-74)65(87-41-19-13-5)51-35-27-28-36-52(51)66(60)88-42-20-14-6;/h21-36H,9-20,37-42H2,1-8H3;/q-2;+2. The summed E-state index contributed by atoms with van der Waals surface area (Å²) in [4.78, 5) is 45.2. The summed E-state index contributed by atoms with van der Waals surface area (Å²) in [5.74, 6) is 5.31. The first-order chi connectivity index (χ1) is 43.3. The van der Waals surface area contributed by atoms with E-state index in [0.29, 0.717) is 153 Å². The summed E-state index contributed by atoms with van der Waals surface area (Å²) in [6.45, 7) is 20.1. The second kappa shape index (κ2) is 26.7. The quantitative estimate of drug-likeness (QED) is 0.0415. The van der Waals surface area contributed by atoms with Crippen molar-refractivity contribution in [2.24, 2.45) is 0 Å². The summed E-state index contributed by atoms with van der Waals surface area (Å²) in [5, 5.41) is 10.4. The molecule has 3 aromatic heterocycles. The van der Waals surface area contributed by atoms with Gasteiger partial charge in [0.15, 0.2) is 0 Å². The minimum Gasteiger partial charge on any atom is -0.492 e. The average molecular weight is 1240 g/mol. The summed E-state index contributed by atoms with van der Waals surface area (Å²) < 4.78 is 42.3. The Morgan fingerprint density at radius 2 is 0.494 bits per heavy atom. The van der Waals surface area contributed by atoms with Crippen molar-refractivity contribution in [2.45, 2.75) is 132 Å². The number of hydrogen-bond acceptors (Lipinski definition) is 12. The molecule has 459 valence electrons. The van der Waals surface area contributed by atoms with E-state index in [1.807, 2.05) is 24.3 Å². The molecule has 8 bridgehead atoms. The maximum Gasteiger partial charge on any atom is 2.00 e. The van der Waals surface area contributed by atoms with Crippen LogP contribution in [0.4, 0.5) is 0 Å². The Balaban J connectivity index is 0.00000769. The van der Waals surface area contributed by atoms with Crippen molar-refractivity contribution >= 4 is 87.2 Å². The third kappa shape index (κ3) is 10.9. The number of hydrogen-bond donors (Lipinski definition) is 0. The molecule has 0 spiro atoms. The molecule has 0 saturated carbocycles. The van der Waals surface area contributed by atoms with E-state index >= 15 is 0 Å². The third-order valence-corrected chi connectivity index (χ3v) is 17.0. The van der Waals surface area contributed by atoms with E-state index in [0.717, 1.165) is 142 Å². The van der Waals surface area contributed by atoms with Crippen molar-refractivity contribution < 1.29 is 45.5 Å². The Kier molecular flexibility index (Phi) is 18.2. The van der Waals surface area contributed by atoms with Gasteiger partial charge in [-0.2, -0.15) is 0 Å². The maximum absolute atomic E-state index is 7.06. The van der Waals surface area contributed by atoms with Crippen molar-refractivity contribution in [1.82, 2.24) is 39.9 Å². The Morgan fingerprint density at radius 1 is 0.281 bits per heavy atom. The zero-order chi connectivity index (χ0) is 60.4. The number of ether oxygens (including phenoxy) is 6. The topological polar surface area (TPSA) is 161 Å². The van der Waals surface area contributed by atoms with Gasteiger partial charge in [-0.15, -0.1) is 0 Å². The van der Waals surface area contributed by atoms with E-state index in [1.165, 1.54) is 0 Å². The molecule has 0 unspecified atom stereocenters. The van der Waals surface area contributed by atoms with Gasteiger partial charge in [-0.1, -0.05) is 177 Å². The number of unbranched alkanes of at least 4 members (excludes halogenated alkanes) is 6. The van der Waals surface area contributed by atoms with Crippen LogP contribution in [0.25, 0.3) is 133 Å². The zero-order valence-electron chi connectivity index (χ0n) is 52.3. The number of aryl methyl sites for hydroxylation is 2. The fraction of sp³-hybridized carbons (Fsp3) is 0.351. The summed E-state index contributed by atoms with van der Waals surface area (Å²) in [6, 6.07) is 33.3. The van der Waals surface area contributed by atoms with Gasteiger partial charge in [0.1, 0.15) is 34.5 Å². The van der Waals surface area contributed by atoms with E-state index < -0.39 is 0 Å². The largest absolute Gasteiger partial charge is 2.00 e. The molecule has 0 saturated heterocycles. The van der Waals surface area contributed by atoms with E-state index in [-0.39, 0.29) is 17.1 Å². The SMILES string of the molecule is CCCCOc1c2c(c(OCCCC)c3ccccc13)-c1nc-2nc2[n-]c(nc3nc(nc4[n-]c(n1)c1c(C)c5ccccc5c(OCCCC)c41)-c1c-3c(OCCCC)c3ccccc3c1OCCCC)c1c(OCCCC)c3ccccc3c(C)c21.[Cu+2]. The normalized spacial score (nSPS) is 11.9. The molecule has 1 radical (unpaired) electrons. The molecule has 13 rings (SSSR count). The first-order valence-corrected chi connectivity index (χ1v) is 32.1. The molecule has 0 atom stereocenters. The molecule has 2 aliphatic rings. The van der Waals surface area contributed by atoms with Crippen LogP contribution in [0.5, 0.6) is 34.5 Å². The molecule has 0 amide bonds.